The zero-order valence-corrected chi connectivity index (χ0v) is 13.7. The molecule has 6 heteroatoms. The molecule has 6 nitrogen and oxygen atoms in total. The van der Waals surface area contributed by atoms with Gasteiger partial charge in [0.05, 0.1) is 18.1 Å². The molecule has 1 N–H and O–H groups in total. The van der Waals surface area contributed by atoms with Crippen LogP contribution in [0, 0.1) is 10.1 Å². The van der Waals surface area contributed by atoms with Crippen molar-refractivity contribution in [1.82, 2.24) is 4.90 Å². The highest BCUT2D eigenvalue weighted by atomic mass is 16.6. The smallest absolute Gasteiger partial charge is 0.311 e. The molecule has 1 aliphatic rings. The Balaban J connectivity index is 1.77. The Morgan fingerprint density at radius 3 is 2.75 bits per heavy atom. The van der Waals surface area contributed by atoms with E-state index in [1.165, 1.54) is 13.2 Å². The summed E-state index contributed by atoms with van der Waals surface area (Å²) in [7, 11) is 3.34. The molecular weight excluding hydrogens is 308 g/mol. The van der Waals surface area contributed by atoms with Crippen molar-refractivity contribution in [3.63, 3.8) is 0 Å². The van der Waals surface area contributed by atoms with Gasteiger partial charge in [0, 0.05) is 18.7 Å². The Morgan fingerprint density at radius 1 is 1.33 bits per heavy atom. The first-order chi connectivity index (χ1) is 11.5. The van der Waals surface area contributed by atoms with Crippen molar-refractivity contribution >= 4 is 5.69 Å². The second-order valence-electron chi connectivity index (χ2n) is 6.09. The first kappa shape index (κ1) is 16.4. The second kappa shape index (κ2) is 6.59. The lowest BCUT2D eigenvalue weighted by Crippen LogP contribution is -2.34. The van der Waals surface area contributed by atoms with Crippen molar-refractivity contribution in [3.05, 3.63) is 69.3 Å². The molecule has 1 aliphatic carbocycles. The number of aliphatic hydroxyl groups excluding tert-OH is 1. The fraction of sp³-hybridized carbons (Fsp3) is 0.333. The van der Waals surface area contributed by atoms with Gasteiger partial charge >= 0.3 is 5.69 Å². The standard InChI is InChI=1S/C18H20N2O4/c1-19(16-10-13-5-3-4-6-14(13)18(16)21)11-12-7-8-17(24-2)15(9-12)20(22)23/h3-9,16,18,21H,10-11H2,1-2H3/t16-,18-/m1/s1. The van der Waals surface area contributed by atoms with Crippen LogP contribution in [-0.4, -0.2) is 35.1 Å². The zero-order chi connectivity index (χ0) is 17.3. The van der Waals surface area contributed by atoms with E-state index < -0.39 is 11.0 Å². The lowest BCUT2D eigenvalue weighted by molar-refractivity contribution is -0.385. The number of ether oxygens (including phenoxy) is 1. The molecule has 0 saturated carbocycles. The van der Waals surface area contributed by atoms with Gasteiger partial charge in [-0.05, 0) is 36.2 Å². The van der Waals surface area contributed by atoms with Gasteiger partial charge in [0.15, 0.2) is 5.75 Å². The van der Waals surface area contributed by atoms with Crippen molar-refractivity contribution in [2.24, 2.45) is 0 Å². The molecule has 2 atom stereocenters. The number of rotatable bonds is 5. The minimum Gasteiger partial charge on any atom is -0.490 e. The van der Waals surface area contributed by atoms with Crippen LogP contribution < -0.4 is 4.74 Å². The van der Waals surface area contributed by atoms with Crippen molar-refractivity contribution in [2.75, 3.05) is 14.2 Å². The monoisotopic (exact) mass is 328 g/mol. The van der Waals surface area contributed by atoms with Gasteiger partial charge in [-0.3, -0.25) is 15.0 Å². The number of methoxy groups -OCH3 is 1. The highest BCUT2D eigenvalue weighted by Gasteiger charge is 2.33. The third kappa shape index (κ3) is 2.98. The van der Waals surface area contributed by atoms with Crippen molar-refractivity contribution in [1.29, 1.82) is 0 Å². The Labute approximate surface area is 140 Å². The van der Waals surface area contributed by atoms with Gasteiger partial charge < -0.3 is 9.84 Å². The van der Waals surface area contributed by atoms with Gasteiger partial charge in [-0.1, -0.05) is 30.3 Å². The van der Waals surface area contributed by atoms with Gasteiger partial charge in [0.1, 0.15) is 0 Å². The van der Waals surface area contributed by atoms with Gasteiger partial charge in [-0.25, -0.2) is 0 Å². The summed E-state index contributed by atoms with van der Waals surface area (Å²) < 4.78 is 5.03. The lowest BCUT2D eigenvalue weighted by atomic mass is 10.1. The Hall–Kier alpha value is -2.44. The first-order valence-electron chi connectivity index (χ1n) is 7.78. The molecule has 0 spiro atoms. The number of benzene rings is 2. The molecule has 0 heterocycles. The summed E-state index contributed by atoms with van der Waals surface area (Å²) in [5.74, 6) is 0.250. The third-order valence-corrected chi connectivity index (χ3v) is 4.61. The van der Waals surface area contributed by atoms with Crippen LogP contribution in [0.4, 0.5) is 5.69 Å². The third-order valence-electron chi connectivity index (χ3n) is 4.61. The lowest BCUT2D eigenvalue weighted by Gasteiger charge is -2.27. The van der Waals surface area contributed by atoms with Crippen molar-refractivity contribution in [3.8, 4) is 5.75 Å². The van der Waals surface area contributed by atoms with E-state index in [2.05, 4.69) is 0 Å². The number of nitro groups is 1. The summed E-state index contributed by atoms with van der Waals surface area (Å²) in [5, 5.41) is 21.7. The Morgan fingerprint density at radius 2 is 2.08 bits per heavy atom. The average molecular weight is 328 g/mol. The highest BCUT2D eigenvalue weighted by molar-refractivity contribution is 5.48. The van der Waals surface area contributed by atoms with E-state index >= 15 is 0 Å². The van der Waals surface area contributed by atoms with E-state index in [4.69, 9.17) is 4.74 Å². The Bertz CT molecular complexity index is 762. The molecule has 0 amide bonds. The molecule has 0 aliphatic heterocycles. The molecule has 2 aromatic carbocycles. The van der Waals surface area contributed by atoms with Crippen LogP contribution >= 0.6 is 0 Å². The summed E-state index contributed by atoms with van der Waals surface area (Å²) in [4.78, 5) is 12.7. The van der Waals surface area contributed by atoms with Crippen LogP contribution in [-0.2, 0) is 13.0 Å². The fourth-order valence-corrected chi connectivity index (χ4v) is 3.33. The van der Waals surface area contributed by atoms with Crippen LogP contribution in [0.2, 0.25) is 0 Å². The summed E-state index contributed by atoms with van der Waals surface area (Å²) in [6.45, 7) is 0.514. The van der Waals surface area contributed by atoms with Crippen LogP contribution in [0.25, 0.3) is 0 Å². The minimum atomic E-state index is -0.542. The van der Waals surface area contributed by atoms with E-state index in [1.807, 2.05) is 42.3 Å². The fourth-order valence-electron chi connectivity index (χ4n) is 3.33. The zero-order valence-electron chi connectivity index (χ0n) is 13.7. The van der Waals surface area contributed by atoms with E-state index in [9.17, 15) is 15.2 Å². The SMILES string of the molecule is COc1ccc(CN(C)[C@@H]2Cc3ccccc3[C@H]2O)cc1[N+](=O)[O-]. The highest BCUT2D eigenvalue weighted by Crippen LogP contribution is 2.35. The predicted molar refractivity (Wildman–Crippen MR) is 90.0 cm³/mol. The topological polar surface area (TPSA) is 75.8 Å². The number of hydrogen-bond donors (Lipinski definition) is 1. The molecule has 126 valence electrons. The normalized spacial score (nSPS) is 19.3. The molecule has 3 rings (SSSR count). The molecule has 0 unspecified atom stereocenters. The van der Waals surface area contributed by atoms with Crippen molar-refractivity contribution < 1.29 is 14.8 Å². The minimum absolute atomic E-state index is 0.0384. The maximum atomic E-state index is 11.1. The Kier molecular flexibility index (Phi) is 4.51. The largest absolute Gasteiger partial charge is 0.490 e. The molecule has 0 radical (unpaired) electrons. The van der Waals surface area contributed by atoms with E-state index in [0.29, 0.717) is 6.54 Å². The second-order valence-corrected chi connectivity index (χ2v) is 6.09. The number of nitro benzene ring substituents is 1. The molecular formula is C18H20N2O4. The van der Waals surface area contributed by atoms with E-state index in [0.717, 1.165) is 23.1 Å². The van der Waals surface area contributed by atoms with Gasteiger partial charge in [-0.15, -0.1) is 0 Å². The number of hydrogen-bond acceptors (Lipinski definition) is 5. The van der Waals surface area contributed by atoms with E-state index in [-0.39, 0.29) is 17.5 Å². The predicted octanol–water partition coefficient (Wildman–Crippen LogP) is 2.69. The van der Waals surface area contributed by atoms with Gasteiger partial charge in [0.2, 0.25) is 0 Å². The summed E-state index contributed by atoms with van der Waals surface area (Å²) in [5.41, 5.74) is 2.89. The summed E-state index contributed by atoms with van der Waals surface area (Å²) >= 11 is 0. The van der Waals surface area contributed by atoms with Crippen LogP contribution in [0.5, 0.6) is 5.75 Å². The van der Waals surface area contributed by atoms with Gasteiger partial charge in [-0.2, -0.15) is 0 Å². The van der Waals surface area contributed by atoms with E-state index in [1.54, 1.807) is 6.07 Å². The number of fused-ring (bicyclic) bond motifs is 1. The first-order valence-corrected chi connectivity index (χ1v) is 7.78. The maximum Gasteiger partial charge on any atom is 0.311 e. The molecule has 0 fully saturated rings. The average Bonchev–Trinajstić information content (AvgIpc) is 2.92. The molecule has 24 heavy (non-hydrogen) atoms. The molecule has 0 bridgehead atoms. The maximum absolute atomic E-state index is 11.1. The summed E-state index contributed by atoms with van der Waals surface area (Å²) in [6, 6.07) is 12.8. The number of likely N-dealkylation sites (N-methyl/N-ethyl adjacent to an activating group) is 1. The van der Waals surface area contributed by atoms with Crippen molar-refractivity contribution in [2.45, 2.75) is 25.1 Å². The van der Waals surface area contributed by atoms with Crippen LogP contribution in [0.3, 0.4) is 0 Å². The molecule has 0 saturated heterocycles. The quantitative estimate of drug-likeness (QED) is 0.674. The van der Waals surface area contributed by atoms with Gasteiger partial charge in [0.25, 0.3) is 0 Å². The van der Waals surface area contributed by atoms with Crippen LogP contribution in [0.15, 0.2) is 42.5 Å². The number of nitrogens with zero attached hydrogens (tertiary/aromatic N) is 2. The van der Waals surface area contributed by atoms with Crippen LogP contribution in [0.1, 0.15) is 22.8 Å². The molecule has 2 aromatic rings. The molecule has 0 aromatic heterocycles. The number of aliphatic hydroxyl groups is 1. The summed E-state index contributed by atoms with van der Waals surface area (Å²) in [6.07, 6.45) is 0.228.